The van der Waals surface area contributed by atoms with Crippen LogP contribution in [0, 0.1) is 0 Å². The number of aromatic nitrogens is 1. The van der Waals surface area contributed by atoms with E-state index >= 15 is 0 Å². The molecule has 1 aromatic heterocycles. The first-order valence-corrected chi connectivity index (χ1v) is 5.44. The number of amides is 2. The second-order valence-corrected chi connectivity index (χ2v) is 3.54. The fraction of sp³-hybridized carbons (Fsp3) is 0.250. The van der Waals surface area contributed by atoms with E-state index in [1.807, 2.05) is 0 Å². The van der Waals surface area contributed by atoms with Crippen molar-refractivity contribution in [2.24, 2.45) is 0 Å². The highest BCUT2D eigenvalue weighted by molar-refractivity contribution is 5.85. The molecule has 2 amide bonds. The summed E-state index contributed by atoms with van der Waals surface area (Å²) in [5.74, 6) is -1.07. The minimum atomic E-state index is -1.07. The van der Waals surface area contributed by atoms with Crippen LogP contribution in [0.3, 0.4) is 0 Å². The van der Waals surface area contributed by atoms with Gasteiger partial charge in [-0.15, -0.1) is 6.58 Å². The zero-order chi connectivity index (χ0) is 13.4. The van der Waals surface area contributed by atoms with Crippen LogP contribution in [0.5, 0.6) is 0 Å². The summed E-state index contributed by atoms with van der Waals surface area (Å²) in [4.78, 5) is 25.6. The minimum absolute atomic E-state index is 0.0193. The molecular weight excluding hydrogens is 234 g/mol. The van der Waals surface area contributed by atoms with Crippen LogP contribution < -0.4 is 10.6 Å². The van der Waals surface area contributed by atoms with E-state index in [0.717, 1.165) is 5.56 Å². The van der Waals surface area contributed by atoms with E-state index in [0.29, 0.717) is 19.5 Å². The van der Waals surface area contributed by atoms with Gasteiger partial charge in [0, 0.05) is 19.3 Å². The third-order valence-corrected chi connectivity index (χ3v) is 2.13. The summed E-state index contributed by atoms with van der Waals surface area (Å²) < 4.78 is 0. The molecule has 0 saturated heterocycles. The number of nitrogens with zero attached hydrogens (tertiary/aromatic N) is 1. The smallest absolute Gasteiger partial charge is 0.354 e. The highest BCUT2D eigenvalue weighted by atomic mass is 16.4. The van der Waals surface area contributed by atoms with Crippen LogP contribution in [0.1, 0.15) is 22.5 Å². The predicted octanol–water partition coefficient (Wildman–Crippen LogP) is 1.16. The van der Waals surface area contributed by atoms with Gasteiger partial charge >= 0.3 is 12.0 Å². The molecule has 18 heavy (non-hydrogen) atoms. The molecule has 0 spiro atoms. The topological polar surface area (TPSA) is 91.3 Å². The summed E-state index contributed by atoms with van der Waals surface area (Å²) in [6, 6.07) is 2.73. The maximum atomic E-state index is 11.3. The number of aromatic carboxylic acids is 1. The molecule has 0 atom stereocenters. The summed E-state index contributed by atoms with van der Waals surface area (Å²) in [7, 11) is 0. The van der Waals surface area contributed by atoms with Gasteiger partial charge in [0.25, 0.3) is 0 Å². The molecule has 1 aromatic rings. The summed E-state index contributed by atoms with van der Waals surface area (Å²) in [6.07, 6.45) is 3.85. The second kappa shape index (κ2) is 7.05. The summed E-state index contributed by atoms with van der Waals surface area (Å²) in [6.45, 7) is 4.38. The molecule has 0 aliphatic carbocycles. The Balaban J connectivity index is 2.36. The average Bonchev–Trinajstić information content (AvgIpc) is 2.37. The highest BCUT2D eigenvalue weighted by Gasteiger charge is 2.04. The lowest BCUT2D eigenvalue weighted by Gasteiger charge is -2.06. The Hall–Kier alpha value is -2.37. The van der Waals surface area contributed by atoms with Crippen LogP contribution in [0.2, 0.25) is 0 Å². The van der Waals surface area contributed by atoms with Crippen LogP contribution >= 0.6 is 0 Å². The Morgan fingerprint density at radius 2 is 2.17 bits per heavy atom. The van der Waals surface area contributed by atoms with E-state index < -0.39 is 5.97 Å². The van der Waals surface area contributed by atoms with Crippen molar-refractivity contribution in [3.05, 3.63) is 42.2 Å². The van der Waals surface area contributed by atoms with Gasteiger partial charge in [-0.25, -0.2) is 14.6 Å². The molecule has 0 aromatic carbocycles. The van der Waals surface area contributed by atoms with E-state index in [4.69, 9.17) is 5.11 Å². The number of carbonyl (C=O) groups is 2. The molecule has 0 radical (unpaired) electrons. The predicted molar refractivity (Wildman–Crippen MR) is 66.2 cm³/mol. The van der Waals surface area contributed by atoms with Crippen molar-refractivity contribution < 1.29 is 14.7 Å². The lowest BCUT2D eigenvalue weighted by molar-refractivity contribution is 0.0690. The van der Waals surface area contributed by atoms with Crippen LogP contribution in [-0.4, -0.2) is 28.6 Å². The summed E-state index contributed by atoms with van der Waals surface area (Å²) in [5.41, 5.74) is 0.716. The fourth-order valence-corrected chi connectivity index (χ4v) is 1.19. The fourth-order valence-electron chi connectivity index (χ4n) is 1.19. The molecule has 0 aliphatic rings. The van der Waals surface area contributed by atoms with Crippen LogP contribution in [0.25, 0.3) is 0 Å². The monoisotopic (exact) mass is 249 g/mol. The average molecular weight is 249 g/mol. The lowest BCUT2D eigenvalue weighted by atomic mass is 10.2. The first-order valence-electron chi connectivity index (χ1n) is 5.44. The number of carbonyl (C=O) groups excluding carboxylic acids is 1. The Labute approximate surface area is 105 Å². The van der Waals surface area contributed by atoms with Crippen molar-refractivity contribution in [1.29, 1.82) is 0 Å². The van der Waals surface area contributed by atoms with Crippen molar-refractivity contribution in [3.8, 4) is 0 Å². The quantitative estimate of drug-likeness (QED) is 0.521. The molecule has 0 unspecified atom stereocenters. The standard InChI is InChI=1S/C12H15N3O3/c1-2-3-6-13-12(18)15-8-9-4-5-10(11(16)17)14-7-9/h2,4-5,7H,1,3,6,8H2,(H,16,17)(H2,13,15,18). The molecule has 0 aliphatic heterocycles. The van der Waals surface area contributed by atoms with Gasteiger partial charge in [0.15, 0.2) is 0 Å². The normalized spacial score (nSPS) is 9.56. The summed E-state index contributed by atoms with van der Waals surface area (Å²) in [5, 5.41) is 13.9. The van der Waals surface area contributed by atoms with Crippen LogP contribution in [0.15, 0.2) is 31.0 Å². The number of rotatable bonds is 6. The molecule has 1 rings (SSSR count). The number of nitrogens with one attached hydrogen (secondary N) is 2. The van der Waals surface area contributed by atoms with Gasteiger partial charge in [0.05, 0.1) is 0 Å². The Kier molecular flexibility index (Phi) is 5.37. The molecule has 0 bridgehead atoms. The number of carboxylic acids is 1. The number of urea groups is 1. The van der Waals surface area contributed by atoms with Gasteiger partial charge in [0.1, 0.15) is 5.69 Å². The number of hydrogen-bond donors (Lipinski definition) is 3. The molecule has 96 valence electrons. The van der Waals surface area contributed by atoms with Crippen molar-refractivity contribution in [2.45, 2.75) is 13.0 Å². The summed E-state index contributed by atoms with van der Waals surface area (Å²) >= 11 is 0. The third-order valence-electron chi connectivity index (χ3n) is 2.13. The second-order valence-electron chi connectivity index (χ2n) is 3.54. The largest absolute Gasteiger partial charge is 0.477 e. The van der Waals surface area contributed by atoms with E-state index in [9.17, 15) is 9.59 Å². The minimum Gasteiger partial charge on any atom is -0.477 e. The third kappa shape index (κ3) is 4.65. The van der Waals surface area contributed by atoms with Gasteiger partial charge < -0.3 is 15.7 Å². The van der Waals surface area contributed by atoms with E-state index in [2.05, 4.69) is 22.2 Å². The van der Waals surface area contributed by atoms with Gasteiger partial charge in [-0.2, -0.15) is 0 Å². The SMILES string of the molecule is C=CCCNC(=O)NCc1ccc(C(=O)O)nc1. The zero-order valence-corrected chi connectivity index (χ0v) is 9.85. The molecule has 6 heteroatoms. The van der Waals surface area contributed by atoms with E-state index in [1.54, 1.807) is 12.1 Å². The van der Waals surface area contributed by atoms with Gasteiger partial charge in [-0.1, -0.05) is 12.1 Å². The molecule has 0 fully saturated rings. The molecule has 3 N–H and O–H groups in total. The van der Waals surface area contributed by atoms with Crippen molar-refractivity contribution in [1.82, 2.24) is 15.6 Å². The van der Waals surface area contributed by atoms with Crippen molar-refractivity contribution in [2.75, 3.05) is 6.54 Å². The Morgan fingerprint density at radius 1 is 1.39 bits per heavy atom. The maximum Gasteiger partial charge on any atom is 0.354 e. The van der Waals surface area contributed by atoms with E-state index in [1.165, 1.54) is 12.3 Å². The molecule has 6 nitrogen and oxygen atoms in total. The first kappa shape index (κ1) is 13.7. The number of carboxylic acid groups (broad SMARTS) is 1. The first-order chi connectivity index (χ1) is 8.63. The van der Waals surface area contributed by atoms with Crippen LogP contribution in [0.4, 0.5) is 4.79 Å². The van der Waals surface area contributed by atoms with Crippen LogP contribution in [-0.2, 0) is 6.54 Å². The van der Waals surface area contributed by atoms with Crippen molar-refractivity contribution in [3.63, 3.8) is 0 Å². The Morgan fingerprint density at radius 3 is 2.72 bits per heavy atom. The number of pyridine rings is 1. The molecular formula is C12H15N3O3. The molecule has 1 heterocycles. The number of hydrogen-bond acceptors (Lipinski definition) is 3. The highest BCUT2D eigenvalue weighted by Crippen LogP contribution is 1.99. The van der Waals surface area contributed by atoms with Gasteiger partial charge in [-0.3, -0.25) is 0 Å². The maximum absolute atomic E-state index is 11.3. The van der Waals surface area contributed by atoms with Crippen molar-refractivity contribution >= 4 is 12.0 Å². The van der Waals surface area contributed by atoms with Gasteiger partial charge in [0.2, 0.25) is 0 Å². The Bertz CT molecular complexity index is 429. The van der Waals surface area contributed by atoms with E-state index in [-0.39, 0.29) is 11.7 Å². The van der Waals surface area contributed by atoms with Gasteiger partial charge in [-0.05, 0) is 18.1 Å². The molecule has 0 saturated carbocycles. The lowest BCUT2D eigenvalue weighted by Crippen LogP contribution is -2.35. The zero-order valence-electron chi connectivity index (χ0n) is 9.85.